The SMILES string of the molecule is N#Cc1ccc(NC2CCC(N(C(=O)NCc3ccccc3)c3ccc(N4CCN(C(=O)CNc5ccc6c(c5)CN(C5CCC(=O)NC5=O)C6=O)CC4)cc3)CC2)nc1. The summed E-state index contributed by atoms with van der Waals surface area (Å²) in [7, 11) is 0. The number of hydrogen-bond donors (Lipinski definition) is 4. The predicted molar refractivity (Wildman–Crippen MR) is 226 cm³/mol. The second-order valence-electron chi connectivity index (χ2n) is 15.7. The van der Waals surface area contributed by atoms with Crippen molar-refractivity contribution in [1.29, 1.82) is 5.26 Å². The van der Waals surface area contributed by atoms with Crippen molar-refractivity contribution in [2.24, 2.45) is 0 Å². The van der Waals surface area contributed by atoms with Gasteiger partial charge in [0.05, 0.1) is 12.1 Å². The first kappa shape index (κ1) is 39.9. The molecule has 3 aromatic carbocycles. The van der Waals surface area contributed by atoms with Gasteiger partial charge in [-0.2, -0.15) is 5.26 Å². The summed E-state index contributed by atoms with van der Waals surface area (Å²) in [4.78, 5) is 76.2. The molecule has 1 aliphatic carbocycles. The molecule has 308 valence electrons. The molecule has 4 N–H and O–H groups in total. The molecular weight excluding hydrogens is 761 g/mol. The van der Waals surface area contributed by atoms with Crippen molar-refractivity contribution < 1.29 is 24.0 Å². The lowest BCUT2D eigenvalue weighted by Gasteiger charge is -2.38. The number of carbonyl (C=O) groups is 5. The van der Waals surface area contributed by atoms with E-state index >= 15 is 0 Å². The number of aromatic nitrogens is 1. The van der Waals surface area contributed by atoms with Crippen LogP contribution in [0.4, 0.5) is 27.7 Å². The van der Waals surface area contributed by atoms with E-state index in [0.29, 0.717) is 56.0 Å². The Labute approximate surface area is 348 Å². The summed E-state index contributed by atoms with van der Waals surface area (Å²) in [6, 6.07) is 28.4. The molecule has 0 spiro atoms. The highest BCUT2D eigenvalue weighted by molar-refractivity contribution is 6.05. The number of piperidine rings is 1. The first-order chi connectivity index (χ1) is 29.2. The summed E-state index contributed by atoms with van der Waals surface area (Å²) in [6.07, 6.45) is 5.43. The number of rotatable bonds is 11. The third-order valence-corrected chi connectivity index (χ3v) is 11.9. The van der Waals surface area contributed by atoms with Gasteiger partial charge in [0.1, 0.15) is 17.9 Å². The highest BCUT2D eigenvalue weighted by Crippen LogP contribution is 2.32. The van der Waals surface area contributed by atoms with Gasteiger partial charge in [0.25, 0.3) is 5.91 Å². The van der Waals surface area contributed by atoms with E-state index in [2.05, 4.69) is 49.4 Å². The maximum absolute atomic E-state index is 13.9. The van der Waals surface area contributed by atoms with Gasteiger partial charge in [-0.1, -0.05) is 30.3 Å². The Morgan fingerprint density at radius 1 is 0.883 bits per heavy atom. The van der Waals surface area contributed by atoms with Crippen molar-refractivity contribution in [3.05, 3.63) is 113 Å². The van der Waals surface area contributed by atoms with Crippen molar-refractivity contribution in [3.8, 4) is 6.07 Å². The Morgan fingerprint density at radius 3 is 2.35 bits per heavy atom. The zero-order chi connectivity index (χ0) is 41.6. The molecule has 0 bridgehead atoms. The van der Waals surface area contributed by atoms with Crippen molar-refractivity contribution in [1.82, 2.24) is 25.4 Å². The molecule has 0 radical (unpaired) electrons. The Kier molecular flexibility index (Phi) is 11.9. The van der Waals surface area contributed by atoms with E-state index in [1.54, 1.807) is 24.4 Å². The Balaban J connectivity index is 0.845. The number of fused-ring (bicyclic) bond motifs is 1. The fourth-order valence-corrected chi connectivity index (χ4v) is 8.60. The zero-order valence-corrected chi connectivity index (χ0v) is 33.3. The van der Waals surface area contributed by atoms with Crippen LogP contribution < -0.4 is 31.1 Å². The number of nitrogens with one attached hydrogen (secondary N) is 4. The van der Waals surface area contributed by atoms with Crippen LogP contribution in [0.2, 0.25) is 0 Å². The van der Waals surface area contributed by atoms with Crippen LogP contribution in [0.25, 0.3) is 0 Å². The molecule has 1 saturated carbocycles. The smallest absolute Gasteiger partial charge is 0.322 e. The summed E-state index contributed by atoms with van der Waals surface area (Å²) < 4.78 is 0. The number of benzene rings is 3. The highest BCUT2D eigenvalue weighted by Gasteiger charge is 2.39. The van der Waals surface area contributed by atoms with Crippen LogP contribution in [-0.2, 0) is 27.5 Å². The number of piperazine rings is 1. The normalized spacial score (nSPS) is 20.1. The number of amides is 6. The van der Waals surface area contributed by atoms with E-state index < -0.39 is 11.9 Å². The van der Waals surface area contributed by atoms with Crippen LogP contribution in [0.15, 0.2) is 91.1 Å². The average Bonchev–Trinajstić information content (AvgIpc) is 3.61. The Bertz CT molecular complexity index is 2260. The predicted octanol–water partition coefficient (Wildman–Crippen LogP) is 4.61. The lowest BCUT2D eigenvalue weighted by molar-refractivity contribution is -0.137. The molecule has 15 nitrogen and oxygen atoms in total. The topological polar surface area (TPSA) is 183 Å². The van der Waals surface area contributed by atoms with E-state index in [4.69, 9.17) is 5.26 Å². The maximum atomic E-state index is 13.9. The molecule has 1 atom stereocenters. The third-order valence-electron chi connectivity index (χ3n) is 11.9. The van der Waals surface area contributed by atoms with Crippen molar-refractivity contribution in [2.45, 2.75) is 69.7 Å². The molecule has 6 amide bonds. The summed E-state index contributed by atoms with van der Waals surface area (Å²) in [6.45, 7) is 3.24. The fourth-order valence-electron chi connectivity index (χ4n) is 8.60. The van der Waals surface area contributed by atoms with Crippen molar-refractivity contribution >= 4 is 52.5 Å². The molecule has 15 heteroatoms. The number of anilines is 4. The lowest BCUT2D eigenvalue weighted by atomic mass is 9.90. The lowest BCUT2D eigenvalue weighted by Crippen LogP contribution is -2.52. The second-order valence-corrected chi connectivity index (χ2v) is 15.7. The number of carbonyl (C=O) groups excluding carboxylic acids is 5. The fraction of sp³-hybridized carbons (Fsp3) is 0.356. The molecule has 4 heterocycles. The van der Waals surface area contributed by atoms with Gasteiger partial charge in [0.2, 0.25) is 17.7 Å². The van der Waals surface area contributed by atoms with Crippen LogP contribution in [0.3, 0.4) is 0 Å². The van der Waals surface area contributed by atoms with Gasteiger partial charge in [-0.05, 0) is 97.8 Å². The third kappa shape index (κ3) is 9.02. The molecule has 2 saturated heterocycles. The van der Waals surface area contributed by atoms with Crippen LogP contribution in [-0.4, -0.2) is 95.3 Å². The molecule has 60 heavy (non-hydrogen) atoms. The van der Waals surface area contributed by atoms with Crippen LogP contribution in [0.1, 0.15) is 65.6 Å². The molecule has 3 fully saturated rings. The standard InChI is InChI=1S/C45H48N10O5/c46-25-31-6-18-40(48-27-31)50-33-7-10-36(11-8-33)55(45(60)49-26-30-4-2-1-3-5-30)37-14-12-35(13-15-37)52-20-22-53(23-21-52)42(57)28-47-34-9-16-38-32(24-34)29-54(44(38)59)39-17-19-41(56)51-43(39)58/h1-6,9,12-16,18,24,27,33,36,39,47H,7-8,10-11,17,19-23,26,28-29H2,(H,48,50)(H,49,60)(H,51,56,58). The van der Waals surface area contributed by atoms with Gasteiger partial charge in [-0.3, -0.25) is 29.4 Å². The van der Waals surface area contributed by atoms with Crippen molar-refractivity contribution in [2.75, 3.05) is 53.2 Å². The number of nitrogens with zero attached hydrogens (tertiary/aromatic N) is 6. The molecule has 8 rings (SSSR count). The van der Waals surface area contributed by atoms with E-state index in [9.17, 15) is 24.0 Å². The zero-order valence-electron chi connectivity index (χ0n) is 33.3. The van der Waals surface area contributed by atoms with Crippen LogP contribution in [0.5, 0.6) is 0 Å². The number of hydrogen-bond acceptors (Lipinski definition) is 10. The Hall–Kier alpha value is -6.95. The minimum atomic E-state index is -0.678. The van der Waals surface area contributed by atoms with E-state index in [1.165, 1.54) is 4.90 Å². The van der Waals surface area contributed by atoms with Gasteiger partial charge >= 0.3 is 6.03 Å². The molecule has 1 unspecified atom stereocenters. The summed E-state index contributed by atoms with van der Waals surface area (Å²) in [5, 5.41) is 21.3. The largest absolute Gasteiger partial charge is 0.376 e. The molecule has 4 aromatic rings. The number of urea groups is 1. The van der Waals surface area contributed by atoms with Gasteiger partial charge in [-0.25, -0.2) is 9.78 Å². The van der Waals surface area contributed by atoms with Gasteiger partial charge in [-0.15, -0.1) is 0 Å². The number of nitriles is 1. The summed E-state index contributed by atoms with van der Waals surface area (Å²) in [5.74, 6) is -0.289. The molecular formula is C45H48N10O5. The number of pyridine rings is 1. The molecule has 1 aromatic heterocycles. The van der Waals surface area contributed by atoms with Gasteiger partial charge in [0.15, 0.2) is 0 Å². The van der Waals surface area contributed by atoms with E-state index in [0.717, 1.165) is 54.0 Å². The maximum Gasteiger partial charge on any atom is 0.322 e. The monoisotopic (exact) mass is 808 g/mol. The second kappa shape index (κ2) is 17.9. The van der Waals surface area contributed by atoms with Crippen LogP contribution >= 0.6 is 0 Å². The van der Waals surface area contributed by atoms with Gasteiger partial charge < -0.3 is 30.7 Å². The minimum Gasteiger partial charge on any atom is -0.376 e. The average molecular weight is 809 g/mol. The van der Waals surface area contributed by atoms with Gasteiger partial charge in [0, 0.05) is 86.6 Å². The summed E-state index contributed by atoms with van der Waals surface area (Å²) >= 11 is 0. The molecule has 3 aliphatic heterocycles. The molecule has 4 aliphatic rings. The quantitative estimate of drug-likeness (QED) is 0.156. The first-order valence-corrected chi connectivity index (χ1v) is 20.6. The van der Waals surface area contributed by atoms with Crippen molar-refractivity contribution in [3.63, 3.8) is 0 Å². The van der Waals surface area contributed by atoms with E-state index in [1.807, 2.05) is 64.4 Å². The minimum absolute atomic E-state index is 0.00795. The first-order valence-electron chi connectivity index (χ1n) is 20.6. The van der Waals surface area contributed by atoms with E-state index in [-0.39, 0.29) is 55.3 Å². The highest BCUT2D eigenvalue weighted by atomic mass is 16.2. The summed E-state index contributed by atoms with van der Waals surface area (Å²) in [5.41, 5.74) is 5.41. The van der Waals surface area contributed by atoms with Crippen LogP contribution in [0, 0.1) is 11.3 Å². The number of imide groups is 1. The Morgan fingerprint density at radius 2 is 1.65 bits per heavy atom.